The Morgan fingerprint density at radius 1 is 0.960 bits per heavy atom. The summed E-state index contributed by atoms with van der Waals surface area (Å²) in [5, 5.41) is 4.72. The van der Waals surface area contributed by atoms with E-state index in [1.165, 1.54) is 5.56 Å². The molecule has 0 saturated carbocycles. The lowest BCUT2D eigenvalue weighted by Crippen LogP contribution is -2.25. The predicted octanol–water partition coefficient (Wildman–Crippen LogP) is 6.36. The molecule has 1 atom stereocenters. The van der Waals surface area contributed by atoms with Crippen LogP contribution in [0.25, 0.3) is 11.3 Å². The second kappa shape index (κ2) is 8.57. The maximum Gasteiger partial charge on any atom is 0.134 e. The largest absolute Gasteiger partial charge is 0.460 e. The van der Waals surface area contributed by atoms with Gasteiger partial charge in [-0.3, -0.25) is 0 Å². The van der Waals surface area contributed by atoms with E-state index in [0.29, 0.717) is 22.6 Å². The van der Waals surface area contributed by atoms with Crippen molar-refractivity contribution in [1.82, 2.24) is 5.32 Å². The zero-order valence-electron chi connectivity index (χ0n) is 14.1. The molecule has 0 aliphatic rings. The van der Waals surface area contributed by atoms with Crippen LogP contribution in [0.5, 0.6) is 0 Å². The average Bonchev–Trinajstić information content (AvgIpc) is 3.07. The minimum Gasteiger partial charge on any atom is -0.460 e. The Morgan fingerprint density at radius 2 is 1.68 bits per heavy atom. The fourth-order valence-electron chi connectivity index (χ4n) is 2.73. The summed E-state index contributed by atoms with van der Waals surface area (Å²) in [6, 6.07) is 20.3. The van der Waals surface area contributed by atoms with Crippen molar-refractivity contribution < 1.29 is 4.42 Å². The molecule has 1 N–H and O–H groups in total. The summed E-state index contributed by atoms with van der Waals surface area (Å²) in [6.07, 6.45) is 2.15. The average molecular weight is 374 g/mol. The number of furan rings is 1. The Labute approximate surface area is 158 Å². The first-order valence-electron chi connectivity index (χ1n) is 8.42. The van der Waals surface area contributed by atoms with Crippen LogP contribution in [0.3, 0.4) is 0 Å². The van der Waals surface area contributed by atoms with E-state index in [9.17, 15) is 0 Å². The zero-order chi connectivity index (χ0) is 17.6. The molecular weight excluding hydrogens is 353 g/mol. The number of benzene rings is 2. The lowest BCUT2D eigenvalue weighted by atomic mass is 10.1. The molecule has 2 aromatic carbocycles. The van der Waals surface area contributed by atoms with E-state index < -0.39 is 0 Å². The highest BCUT2D eigenvalue weighted by Crippen LogP contribution is 2.28. The van der Waals surface area contributed by atoms with Gasteiger partial charge >= 0.3 is 0 Å². The first kappa shape index (κ1) is 18.1. The zero-order valence-corrected chi connectivity index (χ0v) is 15.6. The van der Waals surface area contributed by atoms with E-state index in [4.69, 9.17) is 27.6 Å². The third kappa shape index (κ3) is 5.37. The second-order valence-electron chi connectivity index (χ2n) is 6.23. The van der Waals surface area contributed by atoms with Crippen LogP contribution in [0.2, 0.25) is 10.0 Å². The molecule has 3 aromatic rings. The Hall–Kier alpha value is -1.74. The number of hydrogen-bond donors (Lipinski definition) is 1. The topological polar surface area (TPSA) is 25.2 Å². The molecule has 0 spiro atoms. The van der Waals surface area contributed by atoms with Crippen LogP contribution >= 0.6 is 23.2 Å². The molecule has 0 aliphatic carbocycles. The van der Waals surface area contributed by atoms with Crippen LogP contribution < -0.4 is 5.32 Å². The summed E-state index contributed by atoms with van der Waals surface area (Å²) in [6.45, 7) is 2.90. The van der Waals surface area contributed by atoms with Gasteiger partial charge in [0, 0.05) is 21.7 Å². The van der Waals surface area contributed by atoms with Gasteiger partial charge in [0.05, 0.1) is 6.54 Å². The molecule has 2 nitrogen and oxygen atoms in total. The predicted molar refractivity (Wildman–Crippen MR) is 105 cm³/mol. The van der Waals surface area contributed by atoms with Crippen molar-refractivity contribution in [3.63, 3.8) is 0 Å². The number of rotatable bonds is 7. The molecule has 0 aliphatic heterocycles. The fraction of sp³-hybridized carbons (Fsp3) is 0.238. The van der Waals surface area contributed by atoms with Crippen molar-refractivity contribution in [1.29, 1.82) is 0 Å². The van der Waals surface area contributed by atoms with Crippen molar-refractivity contribution >= 4 is 23.2 Å². The van der Waals surface area contributed by atoms with Crippen LogP contribution in [0, 0.1) is 0 Å². The van der Waals surface area contributed by atoms with Crippen LogP contribution in [0.1, 0.15) is 24.7 Å². The van der Waals surface area contributed by atoms with Gasteiger partial charge in [0.1, 0.15) is 11.5 Å². The van der Waals surface area contributed by atoms with Gasteiger partial charge in [0.25, 0.3) is 0 Å². The van der Waals surface area contributed by atoms with Crippen molar-refractivity contribution in [3.05, 3.63) is 82.0 Å². The van der Waals surface area contributed by atoms with Crippen LogP contribution in [-0.4, -0.2) is 6.04 Å². The standard InChI is InChI=1S/C21H21Cl2NO/c1-15(7-8-16-5-3-2-4-6-16)24-14-20-9-10-21(25-20)17-11-18(22)13-19(23)12-17/h2-6,9-13,15,24H,7-8,14H2,1H3/t15-/m1/s1. The highest BCUT2D eigenvalue weighted by atomic mass is 35.5. The molecule has 0 bridgehead atoms. The van der Waals surface area contributed by atoms with Gasteiger partial charge in [-0.25, -0.2) is 0 Å². The van der Waals surface area contributed by atoms with E-state index in [1.54, 1.807) is 6.07 Å². The van der Waals surface area contributed by atoms with Gasteiger partial charge in [-0.15, -0.1) is 0 Å². The van der Waals surface area contributed by atoms with Crippen LogP contribution in [0.15, 0.2) is 65.1 Å². The quantitative estimate of drug-likeness (QED) is 0.520. The Bertz CT molecular complexity index is 794. The van der Waals surface area contributed by atoms with Gasteiger partial charge in [-0.2, -0.15) is 0 Å². The fourth-order valence-corrected chi connectivity index (χ4v) is 3.25. The summed E-state index contributed by atoms with van der Waals surface area (Å²) in [5.74, 6) is 1.68. The second-order valence-corrected chi connectivity index (χ2v) is 7.10. The molecule has 0 fully saturated rings. The maximum atomic E-state index is 6.06. The Morgan fingerprint density at radius 3 is 2.40 bits per heavy atom. The van der Waals surface area contributed by atoms with Gasteiger partial charge in [-0.1, -0.05) is 53.5 Å². The lowest BCUT2D eigenvalue weighted by Gasteiger charge is -2.12. The van der Waals surface area contributed by atoms with Crippen LogP contribution in [-0.2, 0) is 13.0 Å². The molecule has 0 radical (unpaired) electrons. The number of hydrogen-bond acceptors (Lipinski definition) is 2. The van der Waals surface area contributed by atoms with E-state index >= 15 is 0 Å². The summed E-state index contributed by atoms with van der Waals surface area (Å²) >= 11 is 12.1. The Balaban J connectivity index is 1.53. The normalized spacial score (nSPS) is 12.3. The van der Waals surface area contributed by atoms with E-state index in [1.807, 2.05) is 30.3 Å². The molecule has 130 valence electrons. The smallest absolute Gasteiger partial charge is 0.134 e. The van der Waals surface area contributed by atoms with Gasteiger partial charge < -0.3 is 9.73 Å². The monoisotopic (exact) mass is 373 g/mol. The van der Waals surface area contributed by atoms with Gasteiger partial charge in [0.2, 0.25) is 0 Å². The highest BCUT2D eigenvalue weighted by Gasteiger charge is 2.08. The number of halogens is 2. The third-order valence-corrected chi connectivity index (χ3v) is 4.58. The SMILES string of the molecule is C[C@H](CCc1ccccc1)NCc1ccc(-c2cc(Cl)cc(Cl)c2)o1. The lowest BCUT2D eigenvalue weighted by molar-refractivity contribution is 0.449. The molecule has 0 unspecified atom stereocenters. The van der Waals surface area contributed by atoms with E-state index in [-0.39, 0.29) is 0 Å². The van der Waals surface area contributed by atoms with Crippen LogP contribution in [0.4, 0.5) is 0 Å². The van der Waals surface area contributed by atoms with Crippen molar-refractivity contribution in [3.8, 4) is 11.3 Å². The molecule has 3 rings (SSSR count). The first-order chi connectivity index (χ1) is 12.1. The first-order valence-corrected chi connectivity index (χ1v) is 9.18. The van der Waals surface area contributed by atoms with E-state index in [0.717, 1.165) is 29.9 Å². The molecule has 0 saturated heterocycles. The molecule has 1 heterocycles. The minimum absolute atomic E-state index is 0.411. The Kier molecular flexibility index (Phi) is 6.19. The molecule has 25 heavy (non-hydrogen) atoms. The van der Waals surface area contributed by atoms with E-state index in [2.05, 4.69) is 36.5 Å². The van der Waals surface area contributed by atoms with Crippen molar-refractivity contribution in [2.24, 2.45) is 0 Å². The highest BCUT2D eigenvalue weighted by molar-refractivity contribution is 6.35. The summed E-state index contributed by atoms with van der Waals surface area (Å²) in [4.78, 5) is 0. The molecule has 1 aromatic heterocycles. The van der Waals surface area contributed by atoms with Gasteiger partial charge in [0.15, 0.2) is 0 Å². The molecule has 0 amide bonds. The summed E-state index contributed by atoms with van der Waals surface area (Å²) in [5.41, 5.74) is 2.26. The molecule has 4 heteroatoms. The van der Waals surface area contributed by atoms with Crippen molar-refractivity contribution in [2.45, 2.75) is 32.4 Å². The summed E-state index contributed by atoms with van der Waals surface area (Å²) in [7, 11) is 0. The third-order valence-electron chi connectivity index (χ3n) is 4.14. The number of nitrogens with one attached hydrogen (secondary N) is 1. The summed E-state index contributed by atoms with van der Waals surface area (Å²) < 4.78 is 5.91. The minimum atomic E-state index is 0.411. The van der Waals surface area contributed by atoms with Crippen molar-refractivity contribution in [2.75, 3.05) is 0 Å². The maximum absolute atomic E-state index is 6.06. The number of aryl methyl sites for hydroxylation is 1. The molecular formula is C21H21Cl2NO. The van der Waals surface area contributed by atoms with Gasteiger partial charge in [-0.05, 0) is 55.7 Å².